The number of rotatable bonds is 7. The minimum Gasteiger partial charge on any atom is -0.385 e. The van der Waals surface area contributed by atoms with E-state index < -0.39 is 0 Å². The molecule has 0 saturated heterocycles. The molecule has 1 N–H and O–H groups in total. The average molecular weight is 253 g/mol. The molecule has 1 heteroatoms. The average Bonchev–Trinajstić information content (AvgIpc) is 2.48. The van der Waals surface area contributed by atoms with E-state index in [9.17, 15) is 0 Å². The Hall–Kier alpha value is -1.76. The molecule has 0 heterocycles. The SMILES string of the molecule is CCc1ccccc1NCCCCc1ccccc1. The standard InChI is InChI=1S/C18H23N/c1-2-17-13-6-7-14-18(17)19-15-9-8-12-16-10-4-3-5-11-16/h3-7,10-11,13-14,19H,2,8-9,12,15H2,1H3. The van der Waals surface area contributed by atoms with Crippen LogP contribution in [0.5, 0.6) is 0 Å². The van der Waals surface area contributed by atoms with E-state index in [2.05, 4.69) is 66.8 Å². The number of para-hydroxylation sites is 1. The van der Waals surface area contributed by atoms with E-state index in [-0.39, 0.29) is 0 Å². The molecule has 2 aromatic carbocycles. The first kappa shape index (κ1) is 13.7. The zero-order valence-corrected chi connectivity index (χ0v) is 11.7. The molecule has 0 atom stereocenters. The van der Waals surface area contributed by atoms with Crippen molar-refractivity contribution in [1.29, 1.82) is 0 Å². The van der Waals surface area contributed by atoms with E-state index >= 15 is 0 Å². The lowest BCUT2D eigenvalue weighted by molar-refractivity contribution is 0.762. The number of anilines is 1. The highest BCUT2D eigenvalue weighted by Crippen LogP contribution is 2.15. The Kier molecular flexibility index (Phi) is 5.49. The third-order valence-corrected chi connectivity index (χ3v) is 3.45. The van der Waals surface area contributed by atoms with Gasteiger partial charge in [-0.1, -0.05) is 55.5 Å². The molecular formula is C18H23N. The van der Waals surface area contributed by atoms with E-state index in [0.29, 0.717) is 0 Å². The van der Waals surface area contributed by atoms with Crippen LogP contribution in [0.15, 0.2) is 54.6 Å². The van der Waals surface area contributed by atoms with Crippen molar-refractivity contribution in [2.45, 2.75) is 32.6 Å². The van der Waals surface area contributed by atoms with Crippen LogP contribution in [0.2, 0.25) is 0 Å². The molecule has 0 fully saturated rings. The predicted molar refractivity (Wildman–Crippen MR) is 83.7 cm³/mol. The molecule has 0 aliphatic heterocycles. The van der Waals surface area contributed by atoms with E-state index in [1.54, 1.807) is 0 Å². The van der Waals surface area contributed by atoms with Gasteiger partial charge >= 0.3 is 0 Å². The van der Waals surface area contributed by atoms with Gasteiger partial charge in [-0.15, -0.1) is 0 Å². The summed E-state index contributed by atoms with van der Waals surface area (Å²) >= 11 is 0. The molecule has 0 unspecified atom stereocenters. The topological polar surface area (TPSA) is 12.0 Å². The van der Waals surface area contributed by atoms with Crippen molar-refractivity contribution >= 4 is 5.69 Å². The summed E-state index contributed by atoms with van der Waals surface area (Å²) in [6, 6.07) is 19.3. The number of nitrogens with one attached hydrogen (secondary N) is 1. The minimum absolute atomic E-state index is 1.06. The fraction of sp³-hybridized carbons (Fsp3) is 0.333. The largest absolute Gasteiger partial charge is 0.385 e. The summed E-state index contributed by atoms with van der Waals surface area (Å²) in [5.41, 5.74) is 4.15. The van der Waals surface area contributed by atoms with Gasteiger partial charge in [0.2, 0.25) is 0 Å². The molecule has 19 heavy (non-hydrogen) atoms. The van der Waals surface area contributed by atoms with Crippen molar-refractivity contribution in [3.05, 3.63) is 65.7 Å². The van der Waals surface area contributed by atoms with Gasteiger partial charge in [0.1, 0.15) is 0 Å². The summed E-state index contributed by atoms with van der Waals surface area (Å²) in [7, 11) is 0. The monoisotopic (exact) mass is 253 g/mol. The molecular weight excluding hydrogens is 230 g/mol. The van der Waals surface area contributed by atoms with Gasteiger partial charge in [-0.25, -0.2) is 0 Å². The summed E-state index contributed by atoms with van der Waals surface area (Å²) in [6.45, 7) is 3.26. The van der Waals surface area contributed by atoms with Crippen LogP contribution in [0, 0.1) is 0 Å². The van der Waals surface area contributed by atoms with Gasteiger partial charge < -0.3 is 5.32 Å². The van der Waals surface area contributed by atoms with Crippen LogP contribution < -0.4 is 5.32 Å². The third kappa shape index (κ3) is 4.44. The number of hydrogen-bond acceptors (Lipinski definition) is 1. The second kappa shape index (κ2) is 7.63. The Morgan fingerprint density at radius 2 is 1.58 bits per heavy atom. The number of unbranched alkanes of at least 4 members (excludes halogenated alkanes) is 1. The first-order valence-electron chi connectivity index (χ1n) is 7.26. The minimum atomic E-state index is 1.06. The highest BCUT2D eigenvalue weighted by molar-refractivity contribution is 5.50. The second-order valence-electron chi connectivity index (χ2n) is 4.88. The fourth-order valence-corrected chi connectivity index (χ4v) is 2.32. The van der Waals surface area contributed by atoms with Crippen molar-refractivity contribution in [2.75, 3.05) is 11.9 Å². The van der Waals surface area contributed by atoms with Crippen molar-refractivity contribution < 1.29 is 0 Å². The molecule has 0 bridgehead atoms. The molecule has 0 saturated carbocycles. The van der Waals surface area contributed by atoms with Crippen LogP contribution in [0.1, 0.15) is 30.9 Å². The van der Waals surface area contributed by atoms with Gasteiger partial charge in [0.05, 0.1) is 0 Å². The van der Waals surface area contributed by atoms with Crippen LogP contribution in [-0.2, 0) is 12.8 Å². The number of benzene rings is 2. The molecule has 2 aromatic rings. The third-order valence-electron chi connectivity index (χ3n) is 3.45. The molecule has 0 radical (unpaired) electrons. The maximum Gasteiger partial charge on any atom is 0.0372 e. The van der Waals surface area contributed by atoms with Crippen LogP contribution in [-0.4, -0.2) is 6.54 Å². The maximum atomic E-state index is 3.55. The Morgan fingerprint density at radius 1 is 0.842 bits per heavy atom. The van der Waals surface area contributed by atoms with Gasteiger partial charge in [0.25, 0.3) is 0 Å². The van der Waals surface area contributed by atoms with Crippen LogP contribution >= 0.6 is 0 Å². The molecule has 0 aliphatic carbocycles. The highest BCUT2D eigenvalue weighted by atomic mass is 14.9. The lowest BCUT2D eigenvalue weighted by Gasteiger charge is -2.10. The second-order valence-corrected chi connectivity index (χ2v) is 4.88. The number of aryl methyl sites for hydroxylation is 2. The maximum absolute atomic E-state index is 3.55. The zero-order valence-electron chi connectivity index (χ0n) is 11.7. The molecule has 0 aliphatic rings. The summed E-state index contributed by atoms with van der Waals surface area (Å²) < 4.78 is 0. The summed E-state index contributed by atoms with van der Waals surface area (Å²) in [6.07, 6.45) is 4.73. The molecule has 0 amide bonds. The zero-order chi connectivity index (χ0) is 13.3. The lowest BCUT2D eigenvalue weighted by Crippen LogP contribution is -2.04. The van der Waals surface area contributed by atoms with Gasteiger partial charge in [0, 0.05) is 12.2 Å². The Bertz CT molecular complexity index is 476. The van der Waals surface area contributed by atoms with Crippen LogP contribution in [0.4, 0.5) is 5.69 Å². The first-order valence-corrected chi connectivity index (χ1v) is 7.26. The molecule has 2 rings (SSSR count). The van der Waals surface area contributed by atoms with Crippen molar-refractivity contribution in [1.82, 2.24) is 0 Å². The summed E-state index contributed by atoms with van der Waals surface area (Å²) in [5, 5.41) is 3.55. The van der Waals surface area contributed by atoms with Gasteiger partial charge in [-0.3, -0.25) is 0 Å². The van der Waals surface area contributed by atoms with Gasteiger partial charge in [0.15, 0.2) is 0 Å². The number of hydrogen-bond donors (Lipinski definition) is 1. The van der Waals surface area contributed by atoms with Gasteiger partial charge in [-0.2, -0.15) is 0 Å². The van der Waals surface area contributed by atoms with Crippen molar-refractivity contribution in [3.63, 3.8) is 0 Å². The Balaban J connectivity index is 1.69. The molecule has 1 nitrogen and oxygen atoms in total. The van der Waals surface area contributed by atoms with E-state index in [4.69, 9.17) is 0 Å². The first-order chi connectivity index (χ1) is 9.40. The summed E-state index contributed by atoms with van der Waals surface area (Å²) in [4.78, 5) is 0. The van der Waals surface area contributed by atoms with Crippen molar-refractivity contribution in [3.8, 4) is 0 Å². The van der Waals surface area contributed by atoms with Crippen LogP contribution in [0.3, 0.4) is 0 Å². The van der Waals surface area contributed by atoms with E-state index in [1.807, 2.05) is 0 Å². The van der Waals surface area contributed by atoms with E-state index in [0.717, 1.165) is 13.0 Å². The van der Waals surface area contributed by atoms with Crippen LogP contribution in [0.25, 0.3) is 0 Å². The van der Waals surface area contributed by atoms with Crippen molar-refractivity contribution in [2.24, 2.45) is 0 Å². The quantitative estimate of drug-likeness (QED) is 0.706. The summed E-state index contributed by atoms with van der Waals surface area (Å²) in [5.74, 6) is 0. The fourth-order valence-electron chi connectivity index (χ4n) is 2.32. The predicted octanol–water partition coefficient (Wildman–Crippen LogP) is 4.68. The molecule has 0 aromatic heterocycles. The molecule has 100 valence electrons. The Morgan fingerprint density at radius 3 is 2.37 bits per heavy atom. The van der Waals surface area contributed by atoms with E-state index in [1.165, 1.54) is 36.1 Å². The lowest BCUT2D eigenvalue weighted by atomic mass is 10.1. The highest BCUT2D eigenvalue weighted by Gasteiger charge is 1.98. The Labute approximate surface area is 116 Å². The smallest absolute Gasteiger partial charge is 0.0372 e. The normalized spacial score (nSPS) is 10.4. The molecule has 0 spiro atoms. The van der Waals surface area contributed by atoms with Gasteiger partial charge in [-0.05, 0) is 42.9 Å².